The lowest BCUT2D eigenvalue weighted by atomic mass is 9.83. The van der Waals surface area contributed by atoms with Gasteiger partial charge >= 0.3 is 0 Å². The van der Waals surface area contributed by atoms with Crippen LogP contribution in [0.25, 0.3) is 0 Å². The fourth-order valence-corrected chi connectivity index (χ4v) is 4.60. The van der Waals surface area contributed by atoms with E-state index in [0.717, 1.165) is 12.1 Å². The summed E-state index contributed by atoms with van der Waals surface area (Å²) < 4.78 is 13.1. The molecule has 3 atom stereocenters. The Morgan fingerprint density at radius 3 is 2.72 bits per heavy atom. The van der Waals surface area contributed by atoms with Crippen molar-refractivity contribution in [2.75, 3.05) is 24.9 Å². The zero-order chi connectivity index (χ0) is 20.1. The Balaban J connectivity index is 1.37. The smallest absolute Gasteiger partial charge is 0.275 e. The molecule has 1 aromatic carbocycles. The Labute approximate surface area is 166 Å². The lowest BCUT2D eigenvalue weighted by Gasteiger charge is -2.44. The number of hydrogen-bond acceptors (Lipinski definition) is 7. The maximum Gasteiger partial charge on any atom is 0.275 e. The van der Waals surface area contributed by atoms with Crippen LogP contribution in [0.5, 0.6) is 11.5 Å². The van der Waals surface area contributed by atoms with Crippen molar-refractivity contribution < 1.29 is 19.5 Å². The standard InChI is InChI=1S/C20H20N3O6/c24-19-15(23(26)27)6-5-14-13-7-12(9-22(14)19)8-21(10-13)20(25)18-11-28-16-3-1-2-4-17(16)29-18/h1-6,12-13,18,26H,7-11H2/q-1. The first-order valence-corrected chi connectivity index (χ1v) is 9.58. The number of fused-ring (bicyclic) bond motifs is 5. The van der Waals surface area contributed by atoms with Crippen molar-refractivity contribution in [2.45, 2.75) is 25.0 Å². The minimum absolute atomic E-state index is 0.0104. The van der Waals surface area contributed by atoms with E-state index in [1.807, 2.05) is 12.1 Å². The van der Waals surface area contributed by atoms with Crippen LogP contribution in [-0.4, -0.2) is 46.4 Å². The Morgan fingerprint density at radius 2 is 1.93 bits per heavy atom. The third-order valence-electron chi connectivity index (χ3n) is 5.89. The third kappa shape index (κ3) is 3.02. The van der Waals surface area contributed by atoms with E-state index in [-0.39, 0.29) is 30.0 Å². The summed E-state index contributed by atoms with van der Waals surface area (Å²) in [5, 5.41) is 19.9. The van der Waals surface area contributed by atoms with Crippen LogP contribution >= 0.6 is 0 Å². The molecule has 3 aliphatic rings. The van der Waals surface area contributed by atoms with Gasteiger partial charge in [-0.2, -0.15) is 0 Å². The van der Waals surface area contributed by atoms with E-state index in [1.54, 1.807) is 27.7 Å². The van der Waals surface area contributed by atoms with Gasteiger partial charge in [-0.05, 0) is 36.6 Å². The number of carbonyl (C=O) groups excluding carboxylic acids is 1. The molecule has 1 N–H and O–H groups in total. The largest absolute Gasteiger partial charge is 0.733 e. The maximum absolute atomic E-state index is 13.1. The highest BCUT2D eigenvalue weighted by Crippen LogP contribution is 2.37. The van der Waals surface area contributed by atoms with Crippen LogP contribution < -0.4 is 20.3 Å². The zero-order valence-corrected chi connectivity index (χ0v) is 15.6. The molecule has 9 nitrogen and oxygen atoms in total. The van der Waals surface area contributed by atoms with Gasteiger partial charge in [-0.25, -0.2) is 0 Å². The normalized spacial score (nSPS) is 24.6. The third-order valence-corrected chi connectivity index (χ3v) is 5.89. The van der Waals surface area contributed by atoms with Crippen molar-refractivity contribution >= 4 is 11.6 Å². The fraction of sp³-hybridized carbons (Fsp3) is 0.400. The summed E-state index contributed by atoms with van der Waals surface area (Å²) in [6.45, 7) is 1.54. The van der Waals surface area contributed by atoms with Crippen LogP contribution in [0.1, 0.15) is 18.0 Å². The number of anilines is 1. The van der Waals surface area contributed by atoms with Crippen LogP contribution in [0, 0.1) is 11.1 Å². The molecule has 9 heteroatoms. The van der Waals surface area contributed by atoms with Crippen molar-refractivity contribution in [1.29, 1.82) is 0 Å². The van der Waals surface area contributed by atoms with Gasteiger partial charge < -0.3 is 29.4 Å². The monoisotopic (exact) mass is 398 g/mol. The predicted molar refractivity (Wildman–Crippen MR) is 102 cm³/mol. The van der Waals surface area contributed by atoms with Crippen molar-refractivity contribution in [1.82, 2.24) is 9.47 Å². The van der Waals surface area contributed by atoms with Gasteiger partial charge in [-0.1, -0.05) is 12.1 Å². The Bertz CT molecular complexity index is 1020. The molecule has 1 fully saturated rings. The average molecular weight is 398 g/mol. The van der Waals surface area contributed by atoms with Crippen molar-refractivity contribution in [2.24, 2.45) is 5.92 Å². The molecule has 0 aliphatic carbocycles. The summed E-state index contributed by atoms with van der Waals surface area (Å²) >= 11 is 0. The summed E-state index contributed by atoms with van der Waals surface area (Å²) in [6, 6.07) is 10.3. The van der Waals surface area contributed by atoms with E-state index in [2.05, 4.69) is 0 Å². The van der Waals surface area contributed by atoms with Gasteiger partial charge in [0.05, 0.1) is 0 Å². The minimum Gasteiger partial charge on any atom is -0.733 e. The summed E-state index contributed by atoms with van der Waals surface area (Å²) in [6.07, 6.45) is 0.171. The number of piperidine rings is 1. The minimum atomic E-state index is -0.697. The van der Waals surface area contributed by atoms with E-state index in [1.165, 1.54) is 6.07 Å². The number of carbonyl (C=O) groups is 1. The molecule has 0 saturated carbocycles. The molecular formula is C20H20N3O6-. The molecule has 4 heterocycles. The van der Waals surface area contributed by atoms with E-state index < -0.39 is 16.9 Å². The summed E-state index contributed by atoms with van der Waals surface area (Å²) in [5.74, 6) is 1.15. The molecular weight excluding hydrogens is 378 g/mol. The average Bonchev–Trinajstić information content (AvgIpc) is 2.73. The second-order valence-corrected chi connectivity index (χ2v) is 7.74. The highest BCUT2D eigenvalue weighted by molar-refractivity contribution is 5.82. The molecule has 1 amide bonds. The van der Waals surface area contributed by atoms with Crippen molar-refractivity contribution in [3.63, 3.8) is 0 Å². The SMILES string of the molecule is O=C(C1COc2ccccc2O1)N1CC2CC(C1)c1ccc(N([O-])O)c(=O)n1C2. The number of para-hydroxylation sites is 2. The van der Waals surface area contributed by atoms with Crippen molar-refractivity contribution in [3.8, 4) is 11.5 Å². The molecule has 5 rings (SSSR count). The Hall–Kier alpha value is -3.04. The Kier molecular flexibility index (Phi) is 4.21. The number of likely N-dealkylation sites (tertiary alicyclic amines) is 1. The van der Waals surface area contributed by atoms with Gasteiger partial charge in [0, 0.05) is 31.2 Å². The molecule has 2 aromatic rings. The van der Waals surface area contributed by atoms with E-state index in [4.69, 9.17) is 14.7 Å². The molecule has 2 bridgehead atoms. The van der Waals surface area contributed by atoms with Crippen LogP contribution in [0.3, 0.4) is 0 Å². The van der Waals surface area contributed by atoms with Crippen molar-refractivity contribution in [3.05, 3.63) is 57.7 Å². The Morgan fingerprint density at radius 1 is 1.14 bits per heavy atom. The maximum atomic E-state index is 13.1. The number of hydrogen-bond donors (Lipinski definition) is 1. The van der Waals surface area contributed by atoms with Gasteiger partial charge in [-0.15, -0.1) is 0 Å². The summed E-state index contributed by atoms with van der Waals surface area (Å²) in [4.78, 5) is 27.4. The molecule has 29 heavy (non-hydrogen) atoms. The van der Waals surface area contributed by atoms with Gasteiger partial charge in [-0.3, -0.25) is 14.8 Å². The number of ether oxygens (including phenoxy) is 2. The molecule has 152 valence electrons. The molecule has 3 unspecified atom stereocenters. The number of aromatic nitrogens is 1. The summed E-state index contributed by atoms with van der Waals surface area (Å²) in [5.41, 5.74) is -0.0244. The molecule has 1 saturated heterocycles. The molecule has 0 radical (unpaired) electrons. The van der Waals surface area contributed by atoms with Crippen LogP contribution in [0.2, 0.25) is 0 Å². The van der Waals surface area contributed by atoms with E-state index in [0.29, 0.717) is 31.1 Å². The number of benzene rings is 1. The fourth-order valence-electron chi connectivity index (χ4n) is 4.60. The summed E-state index contributed by atoms with van der Waals surface area (Å²) in [7, 11) is 0. The topological polar surface area (TPSA) is 107 Å². The number of rotatable bonds is 2. The van der Waals surface area contributed by atoms with E-state index in [9.17, 15) is 14.8 Å². The molecule has 0 spiro atoms. The second-order valence-electron chi connectivity index (χ2n) is 7.74. The number of nitrogens with zero attached hydrogens (tertiary/aromatic N) is 3. The number of pyridine rings is 1. The van der Waals surface area contributed by atoms with Crippen LogP contribution in [-0.2, 0) is 11.3 Å². The quantitative estimate of drug-likeness (QED) is 0.761. The van der Waals surface area contributed by atoms with E-state index >= 15 is 0 Å². The lowest BCUT2D eigenvalue weighted by Crippen LogP contribution is -2.54. The molecule has 1 aromatic heterocycles. The predicted octanol–water partition coefficient (Wildman–Crippen LogP) is 1.33. The van der Waals surface area contributed by atoms with Gasteiger partial charge in [0.2, 0.25) is 6.10 Å². The van der Waals surface area contributed by atoms with Crippen LogP contribution in [0.4, 0.5) is 5.69 Å². The lowest BCUT2D eigenvalue weighted by molar-refractivity contribution is -0.144. The first kappa shape index (κ1) is 18.0. The first-order chi connectivity index (χ1) is 14.0. The first-order valence-electron chi connectivity index (χ1n) is 9.58. The highest BCUT2D eigenvalue weighted by Gasteiger charge is 2.40. The zero-order valence-electron chi connectivity index (χ0n) is 15.6. The highest BCUT2D eigenvalue weighted by atomic mass is 16.8. The van der Waals surface area contributed by atoms with Gasteiger partial charge in [0.15, 0.2) is 11.5 Å². The number of amides is 1. The van der Waals surface area contributed by atoms with Gasteiger partial charge in [0.1, 0.15) is 12.3 Å². The van der Waals surface area contributed by atoms with Gasteiger partial charge in [0.25, 0.3) is 11.5 Å². The van der Waals surface area contributed by atoms with Crippen LogP contribution in [0.15, 0.2) is 41.2 Å². The second kappa shape index (κ2) is 6.78. The molecule has 3 aliphatic heterocycles.